The van der Waals surface area contributed by atoms with E-state index in [0.717, 1.165) is 53.4 Å². The first-order valence-electron chi connectivity index (χ1n) is 9.95. The Bertz CT molecular complexity index is 1020. The van der Waals surface area contributed by atoms with Crippen molar-refractivity contribution in [1.82, 2.24) is 0 Å². The molecule has 0 bridgehead atoms. The van der Waals surface area contributed by atoms with Gasteiger partial charge in [0.2, 0.25) is 0 Å². The second kappa shape index (κ2) is 10.0. The lowest BCUT2D eigenvalue weighted by molar-refractivity contribution is -0.107. The molecule has 152 valence electrons. The van der Waals surface area contributed by atoms with Crippen molar-refractivity contribution >= 4 is 17.3 Å². The molecule has 5 nitrogen and oxygen atoms in total. The van der Waals surface area contributed by atoms with Crippen molar-refractivity contribution in [3.05, 3.63) is 64.0 Å². The maximum absolute atomic E-state index is 12.7. The van der Waals surface area contributed by atoms with Crippen LogP contribution in [0.4, 0.5) is 0 Å². The quantitative estimate of drug-likeness (QED) is 0.315. The van der Waals surface area contributed by atoms with E-state index >= 15 is 0 Å². The van der Waals surface area contributed by atoms with Crippen molar-refractivity contribution in [2.75, 3.05) is 13.7 Å². The van der Waals surface area contributed by atoms with Crippen molar-refractivity contribution in [3.8, 4) is 16.9 Å². The zero-order chi connectivity index (χ0) is 20.6. The van der Waals surface area contributed by atoms with Crippen LogP contribution in [0.2, 0.25) is 0 Å². The van der Waals surface area contributed by atoms with E-state index in [1.54, 1.807) is 7.11 Å². The minimum absolute atomic E-state index is 0.177. The Morgan fingerprint density at radius 3 is 2.52 bits per heavy atom. The molecule has 0 spiro atoms. The summed E-state index contributed by atoms with van der Waals surface area (Å²) in [5.74, 6) is 0.725. The molecule has 1 aromatic heterocycles. The third-order valence-electron chi connectivity index (χ3n) is 5.01. The molecule has 0 aliphatic rings. The molecule has 0 saturated heterocycles. The van der Waals surface area contributed by atoms with Crippen molar-refractivity contribution in [2.24, 2.45) is 0 Å². The fourth-order valence-corrected chi connectivity index (χ4v) is 3.49. The van der Waals surface area contributed by atoms with Crippen LogP contribution >= 0.6 is 0 Å². The van der Waals surface area contributed by atoms with Gasteiger partial charge in [0.25, 0.3) is 0 Å². The Balaban J connectivity index is 2.05. The number of hydrogen-bond acceptors (Lipinski definition) is 5. The summed E-state index contributed by atoms with van der Waals surface area (Å²) in [5.41, 5.74) is 3.57. The van der Waals surface area contributed by atoms with Crippen LogP contribution in [0.25, 0.3) is 22.1 Å². The van der Waals surface area contributed by atoms with Crippen molar-refractivity contribution < 1.29 is 19.1 Å². The summed E-state index contributed by atoms with van der Waals surface area (Å²) in [6.07, 6.45) is 5.25. The third kappa shape index (κ3) is 5.12. The van der Waals surface area contributed by atoms with E-state index in [-0.39, 0.29) is 12.2 Å². The van der Waals surface area contributed by atoms with Gasteiger partial charge in [-0.1, -0.05) is 18.2 Å². The van der Waals surface area contributed by atoms with E-state index < -0.39 is 0 Å². The molecule has 0 amide bonds. The van der Waals surface area contributed by atoms with Gasteiger partial charge < -0.3 is 19.1 Å². The lowest BCUT2D eigenvalue weighted by Crippen LogP contribution is -2.05. The average molecular weight is 394 g/mol. The molecule has 3 rings (SSSR count). The van der Waals surface area contributed by atoms with Crippen LogP contribution < -0.4 is 10.4 Å². The topological polar surface area (TPSA) is 76.7 Å². The molecule has 0 aliphatic carbocycles. The average Bonchev–Trinajstić information content (AvgIpc) is 2.74. The summed E-state index contributed by atoms with van der Waals surface area (Å²) in [4.78, 5) is 23.4. The highest BCUT2D eigenvalue weighted by atomic mass is 16.5. The standard InChI is InChI=1S/C24H26O5/c1-28-21-10-8-18(9-11-21)22-16-20-15-17(6-2-4-12-25)14-19(7-3-5-13-26)23(20)29-24(22)27/h8-11,13-16,25H,2-7,12H2,1H3. The number of methoxy groups -OCH3 is 1. The first kappa shape index (κ1) is 20.8. The maximum atomic E-state index is 12.7. The van der Waals surface area contributed by atoms with E-state index in [2.05, 4.69) is 6.07 Å². The van der Waals surface area contributed by atoms with Crippen LogP contribution in [0.15, 0.2) is 51.7 Å². The Hall–Kier alpha value is -2.92. The number of rotatable bonds is 10. The molecule has 5 heteroatoms. The molecule has 0 aliphatic heterocycles. The number of carbonyl (C=O) groups excluding carboxylic acids is 1. The van der Waals surface area contributed by atoms with Gasteiger partial charge in [-0.3, -0.25) is 0 Å². The lowest BCUT2D eigenvalue weighted by Gasteiger charge is -2.11. The molecule has 29 heavy (non-hydrogen) atoms. The molecule has 2 aromatic carbocycles. The van der Waals surface area contributed by atoms with Gasteiger partial charge in [-0.05, 0) is 73.1 Å². The van der Waals surface area contributed by atoms with E-state index in [0.29, 0.717) is 30.4 Å². The largest absolute Gasteiger partial charge is 0.497 e. The fourth-order valence-electron chi connectivity index (χ4n) is 3.49. The molecule has 0 atom stereocenters. The highest BCUT2D eigenvalue weighted by Gasteiger charge is 2.13. The Morgan fingerprint density at radius 2 is 1.83 bits per heavy atom. The Kier molecular flexibility index (Phi) is 7.19. The van der Waals surface area contributed by atoms with Gasteiger partial charge in [-0.25, -0.2) is 4.79 Å². The second-order valence-corrected chi connectivity index (χ2v) is 7.09. The number of aldehydes is 1. The summed E-state index contributed by atoms with van der Waals surface area (Å²) >= 11 is 0. The number of fused-ring (bicyclic) bond motifs is 1. The minimum atomic E-state index is -0.382. The number of carbonyl (C=O) groups is 1. The van der Waals surface area contributed by atoms with Gasteiger partial charge in [0.05, 0.1) is 12.7 Å². The lowest BCUT2D eigenvalue weighted by atomic mass is 9.97. The van der Waals surface area contributed by atoms with Gasteiger partial charge in [0.15, 0.2) is 0 Å². The van der Waals surface area contributed by atoms with Gasteiger partial charge in [0.1, 0.15) is 17.6 Å². The molecule has 0 saturated carbocycles. The van der Waals surface area contributed by atoms with Crippen molar-refractivity contribution in [1.29, 1.82) is 0 Å². The van der Waals surface area contributed by atoms with Gasteiger partial charge in [-0.15, -0.1) is 0 Å². The monoisotopic (exact) mass is 394 g/mol. The van der Waals surface area contributed by atoms with Gasteiger partial charge >= 0.3 is 5.63 Å². The van der Waals surface area contributed by atoms with Crippen LogP contribution in [-0.2, 0) is 17.6 Å². The number of unbranched alkanes of at least 4 members (excludes halogenated alkanes) is 2. The van der Waals surface area contributed by atoms with E-state index in [1.165, 1.54) is 0 Å². The number of benzene rings is 2. The van der Waals surface area contributed by atoms with Gasteiger partial charge in [-0.2, -0.15) is 0 Å². The summed E-state index contributed by atoms with van der Waals surface area (Å²) in [6, 6.07) is 13.3. The summed E-state index contributed by atoms with van der Waals surface area (Å²) < 4.78 is 10.9. The zero-order valence-corrected chi connectivity index (χ0v) is 16.6. The molecule has 0 fully saturated rings. The highest BCUT2D eigenvalue weighted by Crippen LogP contribution is 2.27. The molecule has 1 heterocycles. The smallest absolute Gasteiger partial charge is 0.344 e. The van der Waals surface area contributed by atoms with Crippen LogP contribution in [0, 0.1) is 0 Å². The predicted molar refractivity (Wildman–Crippen MR) is 113 cm³/mol. The molecule has 3 aromatic rings. The van der Waals surface area contributed by atoms with E-state index in [9.17, 15) is 9.59 Å². The van der Waals surface area contributed by atoms with Crippen LogP contribution in [0.3, 0.4) is 0 Å². The predicted octanol–water partition coefficient (Wildman–Crippen LogP) is 4.31. The zero-order valence-electron chi connectivity index (χ0n) is 16.6. The van der Waals surface area contributed by atoms with Crippen LogP contribution in [0.1, 0.15) is 36.8 Å². The molecular formula is C24H26O5. The third-order valence-corrected chi connectivity index (χ3v) is 5.01. The first-order valence-corrected chi connectivity index (χ1v) is 9.95. The first-order chi connectivity index (χ1) is 14.2. The summed E-state index contributed by atoms with van der Waals surface area (Å²) in [5, 5.41) is 9.93. The van der Waals surface area contributed by atoms with Crippen molar-refractivity contribution in [2.45, 2.75) is 38.5 Å². The molecule has 0 radical (unpaired) electrons. The number of aliphatic hydroxyl groups is 1. The highest BCUT2D eigenvalue weighted by molar-refractivity contribution is 5.85. The maximum Gasteiger partial charge on any atom is 0.344 e. The number of hydrogen-bond donors (Lipinski definition) is 1. The Morgan fingerprint density at radius 1 is 1.03 bits per heavy atom. The second-order valence-electron chi connectivity index (χ2n) is 7.09. The summed E-state index contributed by atoms with van der Waals surface area (Å²) in [7, 11) is 1.60. The van der Waals surface area contributed by atoms with E-state index in [1.807, 2.05) is 36.4 Å². The summed E-state index contributed by atoms with van der Waals surface area (Å²) in [6.45, 7) is 0.177. The van der Waals surface area contributed by atoms with Crippen molar-refractivity contribution in [3.63, 3.8) is 0 Å². The number of aliphatic hydroxyl groups excluding tert-OH is 1. The Labute approximate surface area is 169 Å². The number of ether oxygens (including phenoxy) is 1. The molecule has 1 N–H and O–H groups in total. The minimum Gasteiger partial charge on any atom is -0.497 e. The van der Waals surface area contributed by atoms with Crippen LogP contribution in [0.5, 0.6) is 5.75 Å². The van der Waals surface area contributed by atoms with Crippen LogP contribution in [-0.4, -0.2) is 25.1 Å². The molecular weight excluding hydrogens is 368 g/mol. The van der Waals surface area contributed by atoms with Gasteiger partial charge in [0, 0.05) is 18.4 Å². The SMILES string of the molecule is COc1ccc(-c2cc3cc(CCCCO)cc(CCCC=O)c3oc2=O)cc1. The molecule has 0 unspecified atom stereocenters. The fraction of sp³-hybridized carbons (Fsp3) is 0.333. The van der Waals surface area contributed by atoms with E-state index in [4.69, 9.17) is 14.3 Å². The number of aryl methyl sites for hydroxylation is 2. The normalized spacial score (nSPS) is 11.0.